The summed E-state index contributed by atoms with van der Waals surface area (Å²) in [7, 11) is 0. The molecule has 1 N–H and O–H groups in total. The normalized spacial score (nSPS) is 24.7. The van der Waals surface area contributed by atoms with E-state index in [1.165, 1.54) is 19.3 Å². The number of nitrogens with one attached hydrogen (secondary N) is 1. The Kier molecular flexibility index (Phi) is 3.79. The Morgan fingerprint density at radius 3 is 2.88 bits per heavy atom. The summed E-state index contributed by atoms with van der Waals surface area (Å²) in [4.78, 5) is 8.55. The van der Waals surface area contributed by atoms with Crippen molar-refractivity contribution in [3.8, 4) is 0 Å². The molecular weight excluding hydrogens is 266 g/mol. The number of halogens is 1. The van der Waals surface area contributed by atoms with E-state index in [4.69, 9.17) is 0 Å². The maximum Gasteiger partial charge on any atom is 0.130 e. The monoisotopic (exact) mass is 283 g/mol. The van der Waals surface area contributed by atoms with Gasteiger partial charge in [-0.15, -0.1) is 0 Å². The summed E-state index contributed by atoms with van der Waals surface area (Å²) in [5.41, 5.74) is 0. The van der Waals surface area contributed by atoms with Gasteiger partial charge in [0.1, 0.15) is 16.2 Å². The van der Waals surface area contributed by atoms with Gasteiger partial charge in [0, 0.05) is 12.6 Å². The number of hydrogen-bond donors (Lipinski definition) is 1. The molecule has 0 amide bonds. The Hall–Kier alpha value is -0.640. The van der Waals surface area contributed by atoms with Gasteiger partial charge in [-0.2, -0.15) is 0 Å². The van der Waals surface area contributed by atoms with Crippen LogP contribution in [0.1, 0.15) is 32.0 Å². The lowest BCUT2D eigenvalue weighted by molar-refractivity contribution is 0.536. The van der Waals surface area contributed by atoms with Gasteiger partial charge in [0.05, 0.1) is 0 Å². The van der Waals surface area contributed by atoms with E-state index in [1.54, 1.807) is 0 Å². The minimum atomic E-state index is 0.802. The van der Waals surface area contributed by atoms with Crippen LogP contribution in [0.2, 0.25) is 0 Å². The van der Waals surface area contributed by atoms with Crippen molar-refractivity contribution in [1.82, 2.24) is 9.97 Å². The molecule has 4 heteroatoms. The predicted molar refractivity (Wildman–Crippen MR) is 69.5 cm³/mol. The first-order chi connectivity index (χ1) is 7.63. The van der Waals surface area contributed by atoms with E-state index >= 15 is 0 Å². The third-order valence-corrected chi connectivity index (χ3v) is 3.59. The molecule has 16 heavy (non-hydrogen) atoms. The highest BCUT2D eigenvalue weighted by Crippen LogP contribution is 2.30. The summed E-state index contributed by atoms with van der Waals surface area (Å²) < 4.78 is 0.849. The second-order valence-corrected chi connectivity index (χ2v) is 5.60. The summed E-state index contributed by atoms with van der Waals surface area (Å²) >= 11 is 3.38. The minimum absolute atomic E-state index is 0.802. The zero-order chi connectivity index (χ0) is 11.5. The summed E-state index contributed by atoms with van der Waals surface area (Å²) in [5.74, 6) is 3.44. The summed E-state index contributed by atoms with van der Waals surface area (Å²) in [5, 5.41) is 3.41. The van der Waals surface area contributed by atoms with Crippen molar-refractivity contribution in [1.29, 1.82) is 0 Å². The molecule has 3 nitrogen and oxygen atoms in total. The fourth-order valence-electron chi connectivity index (χ4n) is 2.38. The summed E-state index contributed by atoms with van der Waals surface area (Å²) in [6.45, 7) is 5.28. The van der Waals surface area contributed by atoms with Gasteiger partial charge < -0.3 is 5.32 Å². The van der Waals surface area contributed by atoms with Gasteiger partial charge in [-0.25, -0.2) is 9.97 Å². The van der Waals surface area contributed by atoms with Crippen LogP contribution >= 0.6 is 15.9 Å². The van der Waals surface area contributed by atoms with E-state index in [2.05, 4.69) is 38.1 Å². The van der Waals surface area contributed by atoms with Crippen LogP contribution in [0.5, 0.6) is 0 Å². The molecule has 1 heterocycles. The first kappa shape index (κ1) is 11.8. The molecular formula is C12H18BrN3. The van der Waals surface area contributed by atoms with Gasteiger partial charge in [0.15, 0.2) is 0 Å². The van der Waals surface area contributed by atoms with Gasteiger partial charge in [0.25, 0.3) is 0 Å². The molecule has 0 aliphatic heterocycles. The second-order valence-electron chi connectivity index (χ2n) is 4.79. The fourth-order valence-corrected chi connectivity index (χ4v) is 2.85. The molecule has 0 radical (unpaired) electrons. The molecule has 88 valence electrons. The second kappa shape index (κ2) is 5.13. The lowest BCUT2D eigenvalue weighted by Crippen LogP contribution is -2.13. The number of anilines is 1. The lowest BCUT2D eigenvalue weighted by atomic mass is 10.1. The Morgan fingerprint density at radius 1 is 1.44 bits per heavy atom. The molecule has 1 fully saturated rings. The number of hydrogen-bond acceptors (Lipinski definition) is 3. The molecule has 1 aliphatic carbocycles. The van der Waals surface area contributed by atoms with E-state index in [0.29, 0.717) is 0 Å². The third-order valence-electron chi connectivity index (χ3n) is 3.18. The molecule has 0 bridgehead atoms. The quantitative estimate of drug-likeness (QED) is 0.864. The molecule has 0 aromatic carbocycles. The van der Waals surface area contributed by atoms with Gasteiger partial charge in [-0.3, -0.25) is 0 Å². The maximum absolute atomic E-state index is 4.36. The first-order valence-electron chi connectivity index (χ1n) is 5.88. The predicted octanol–water partition coefficient (Wildman–Crippen LogP) is 3.40. The number of aryl methyl sites for hydroxylation is 1. The number of rotatable bonds is 3. The van der Waals surface area contributed by atoms with Crippen LogP contribution in [-0.4, -0.2) is 16.5 Å². The van der Waals surface area contributed by atoms with E-state index in [9.17, 15) is 0 Å². The molecule has 2 rings (SSSR count). The molecule has 0 spiro atoms. The van der Waals surface area contributed by atoms with Crippen molar-refractivity contribution in [2.45, 2.75) is 33.1 Å². The van der Waals surface area contributed by atoms with Crippen LogP contribution in [-0.2, 0) is 0 Å². The van der Waals surface area contributed by atoms with Crippen molar-refractivity contribution in [2.75, 3.05) is 11.9 Å². The fraction of sp³-hybridized carbons (Fsp3) is 0.667. The van der Waals surface area contributed by atoms with Gasteiger partial charge in [0.2, 0.25) is 0 Å². The molecule has 1 aromatic heterocycles. The number of nitrogens with zero attached hydrogens (tertiary/aromatic N) is 2. The molecule has 1 saturated carbocycles. The zero-order valence-electron chi connectivity index (χ0n) is 9.83. The Balaban J connectivity index is 1.89. The van der Waals surface area contributed by atoms with Crippen LogP contribution in [0.4, 0.5) is 5.82 Å². The molecule has 1 aliphatic rings. The average Bonchev–Trinajstić information content (AvgIpc) is 2.60. The average molecular weight is 284 g/mol. The van der Waals surface area contributed by atoms with Crippen molar-refractivity contribution < 1.29 is 0 Å². The van der Waals surface area contributed by atoms with Crippen LogP contribution in [0.3, 0.4) is 0 Å². The molecule has 0 saturated heterocycles. The van der Waals surface area contributed by atoms with E-state index in [-0.39, 0.29) is 0 Å². The van der Waals surface area contributed by atoms with Gasteiger partial charge >= 0.3 is 0 Å². The highest BCUT2D eigenvalue weighted by molar-refractivity contribution is 9.10. The van der Waals surface area contributed by atoms with E-state index in [0.717, 1.165) is 34.6 Å². The van der Waals surface area contributed by atoms with E-state index < -0.39 is 0 Å². The van der Waals surface area contributed by atoms with Crippen LogP contribution < -0.4 is 5.32 Å². The van der Waals surface area contributed by atoms with Crippen LogP contribution in [0.15, 0.2) is 10.7 Å². The standard InChI is InChI=1S/C12H18BrN3/c1-8-3-4-10(5-8)7-14-12-6-11(13)15-9(2)16-12/h6,8,10H,3-5,7H2,1-2H3,(H,14,15,16). The Labute approximate surface area is 105 Å². The topological polar surface area (TPSA) is 37.8 Å². The summed E-state index contributed by atoms with van der Waals surface area (Å²) in [6.07, 6.45) is 4.07. The third kappa shape index (κ3) is 3.17. The van der Waals surface area contributed by atoms with Crippen molar-refractivity contribution >= 4 is 21.7 Å². The highest BCUT2D eigenvalue weighted by atomic mass is 79.9. The molecule has 1 aromatic rings. The van der Waals surface area contributed by atoms with E-state index in [1.807, 2.05) is 13.0 Å². The SMILES string of the molecule is Cc1nc(Br)cc(NCC2CCC(C)C2)n1. The smallest absolute Gasteiger partial charge is 0.130 e. The Morgan fingerprint density at radius 2 is 2.25 bits per heavy atom. The first-order valence-corrected chi connectivity index (χ1v) is 6.68. The van der Waals surface area contributed by atoms with Crippen LogP contribution in [0.25, 0.3) is 0 Å². The van der Waals surface area contributed by atoms with Crippen LogP contribution in [0, 0.1) is 18.8 Å². The van der Waals surface area contributed by atoms with Crippen molar-refractivity contribution in [3.63, 3.8) is 0 Å². The molecule has 2 unspecified atom stereocenters. The maximum atomic E-state index is 4.36. The van der Waals surface area contributed by atoms with Gasteiger partial charge in [-0.05, 0) is 47.5 Å². The Bertz CT molecular complexity index is 347. The largest absolute Gasteiger partial charge is 0.370 e. The van der Waals surface area contributed by atoms with Crippen molar-refractivity contribution in [3.05, 3.63) is 16.5 Å². The minimum Gasteiger partial charge on any atom is -0.370 e. The zero-order valence-corrected chi connectivity index (χ0v) is 11.4. The van der Waals surface area contributed by atoms with Crippen molar-refractivity contribution in [2.24, 2.45) is 11.8 Å². The number of aromatic nitrogens is 2. The summed E-state index contributed by atoms with van der Waals surface area (Å²) in [6, 6.07) is 1.94. The lowest BCUT2D eigenvalue weighted by Gasteiger charge is -2.12. The molecule has 2 atom stereocenters. The highest BCUT2D eigenvalue weighted by Gasteiger charge is 2.20. The van der Waals surface area contributed by atoms with Gasteiger partial charge in [-0.1, -0.05) is 13.3 Å².